The number of rotatable bonds is 7. The average Bonchev–Trinajstić information content (AvgIpc) is 2.40. The van der Waals surface area contributed by atoms with Crippen molar-refractivity contribution in [3.05, 3.63) is 17.2 Å². The van der Waals surface area contributed by atoms with Crippen LogP contribution in [0.3, 0.4) is 0 Å². The van der Waals surface area contributed by atoms with Gasteiger partial charge in [-0.05, 0) is 0 Å². The fourth-order valence-electron chi connectivity index (χ4n) is 1.45. The van der Waals surface area contributed by atoms with Crippen molar-refractivity contribution in [2.75, 3.05) is 40.3 Å². The van der Waals surface area contributed by atoms with Gasteiger partial charge in [0, 0.05) is 26.4 Å². The third-order valence-electron chi connectivity index (χ3n) is 2.46. The number of hydrogen-bond donors (Lipinski definition) is 1. The maximum Gasteiger partial charge on any atom is 0.173 e. The summed E-state index contributed by atoms with van der Waals surface area (Å²) >= 11 is 6.13. The number of benzene rings is 1. The highest BCUT2D eigenvalue weighted by Crippen LogP contribution is 2.35. The molecule has 0 bridgehead atoms. The van der Waals surface area contributed by atoms with Gasteiger partial charge in [-0.25, -0.2) is 0 Å². The molecule has 102 valence electrons. The molecule has 1 N–H and O–H groups in total. The maximum absolute atomic E-state index is 6.13. The summed E-state index contributed by atoms with van der Waals surface area (Å²) in [6.07, 6.45) is -0.339. The number of nitrogens with one attached hydrogen (secondary N) is 1. The molecule has 0 unspecified atom stereocenters. The van der Waals surface area contributed by atoms with Crippen LogP contribution in [0.1, 0.15) is 0 Å². The quantitative estimate of drug-likeness (QED) is 0.775. The van der Waals surface area contributed by atoms with Gasteiger partial charge < -0.3 is 24.3 Å². The van der Waals surface area contributed by atoms with E-state index in [1.54, 1.807) is 40.6 Å². The number of hydrogen-bond acceptors (Lipinski definition) is 5. The molecular weight excluding hydrogens is 258 g/mol. The van der Waals surface area contributed by atoms with Crippen molar-refractivity contribution < 1.29 is 18.9 Å². The van der Waals surface area contributed by atoms with E-state index in [1.165, 1.54) is 0 Å². The lowest BCUT2D eigenvalue weighted by atomic mass is 10.2. The fraction of sp³-hybridized carbons (Fsp3) is 0.500. The van der Waals surface area contributed by atoms with Gasteiger partial charge in [-0.1, -0.05) is 11.6 Å². The molecule has 0 atom stereocenters. The summed E-state index contributed by atoms with van der Waals surface area (Å²) in [6.45, 7) is 0.474. The predicted octanol–water partition coefficient (Wildman–Crippen LogP) is 2.39. The monoisotopic (exact) mass is 275 g/mol. The Morgan fingerprint density at radius 3 is 2.11 bits per heavy atom. The Morgan fingerprint density at radius 2 is 1.61 bits per heavy atom. The normalized spacial score (nSPS) is 10.6. The topological polar surface area (TPSA) is 49.0 Å². The van der Waals surface area contributed by atoms with E-state index in [4.69, 9.17) is 30.5 Å². The number of anilines is 1. The summed E-state index contributed by atoms with van der Waals surface area (Å²) in [7, 11) is 6.29. The van der Waals surface area contributed by atoms with Gasteiger partial charge in [-0.2, -0.15) is 0 Å². The molecule has 0 aliphatic rings. The van der Waals surface area contributed by atoms with Crippen LogP contribution in [-0.4, -0.2) is 41.3 Å². The first kappa shape index (κ1) is 14.9. The van der Waals surface area contributed by atoms with E-state index < -0.39 is 0 Å². The van der Waals surface area contributed by atoms with Gasteiger partial charge >= 0.3 is 0 Å². The maximum atomic E-state index is 6.13. The van der Waals surface area contributed by atoms with Crippen molar-refractivity contribution in [1.82, 2.24) is 0 Å². The summed E-state index contributed by atoms with van der Waals surface area (Å²) < 4.78 is 20.5. The molecule has 6 heteroatoms. The van der Waals surface area contributed by atoms with Crippen LogP contribution in [0.2, 0.25) is 5.02 Å². The smallest absolute Gasteiger partial charge is 0.173 e. The highest BCUT2D eigenvalue weighted by atomic mass is 35.5. The van der Waals surface area contributed by atoms with Crippen LogP contribution in [0.5, 0.6) is 11.5 Å². The van der Waals surface area contributed by atoms with Crippen LogP contribution in [0.25, 0.3) is 0 Å². The molecule has 0 radical (unpaired) electrons. The van der Waals surface area contributed by atoms with Gasteiger partial charge in [0.2, 0.25) is 0 Å². The van der Waals surface area contributed by atoms with E-state index in [9.17, 15) is 0 Å². The lowest BCUT2D eigenvalue weighted by Crippen LogP contribution is -2.23. The molecular formula is C12H18ClNO4. The zero-order chi connectivity index (χ0) is 13.5. The Balaban J connectivity index is 2.82. The summed E-state index contributed by atoms with van der Waals surface area (Å²) in [5, 5.41) is 3.66. The third-order valence-corrected chi connectivity index (χ3v) is 2.77. The van der Waals surface area contributed by atoms with Gasteiger partial charge in [0.25, 0.3) is 0 Å². The van der Waals surface area contributed by atoms with Crippen molar-refractivity contribution in [2.24, 2.45) is 0 Å². The molecule has 0 aromatic heterocycles. The van der Waals surface area contributed by atoms with Crippen molar-refractivity contribution in [1.29, 1.82) is 0 Å². The molecule has 0 saturated carbocycles. The molecule has 1 rings (SSSR count). The lowest BCUT2D eigenvalue weighted by Gasteiger charge is -2.17. The Bertz CT molecular complexity index is 383. The van der Waals surface area contributed by atoms with E-state index in [0.717, 1.165) is 5.69 Å². The molecule has 0 aliphatic heterocycles. The second kappa shape index (κ2) is 7.31. The van der Waals surface area contributed by atoms with E-state index in [2.05, 4.69) is 5.32 Å². The zero-order valence-electron chi connectivity index (χ0n) is 11.0. The number of methoxy groups -OCH3 is 4. The van der Waals surface area contributed by atoms with Crippen LogP contribution in [0, 0.1) is 0 Å². The van der Waals surface area contributed by atoms with Gasteiger partial charge in [-0.3, -0.25) is 0 Å². The molecule has 0 fully saturated rings. The highest BCUT2D eigenvalue weighted by Gasteiger charge is 2.11. The van der Waals surface area contributed by atoms with Crippen LogP contribution >= 0.6 is 11.6 Å². The minimum atomic E-state index is -0.339. The Kier molecular flexibility index (Phi) is 6.04. The van der Waals surface area contributed by atoms with E-state index in [0.29, 0.717) is 23.1 Å². The molecule has 1 aromatic rings. The van der Waals surface area contributed by atoms with Gasteiger partial charge in [-0.15, -0.1) is 0 Å². The lowest BCUT2D eigenvalue weighted by molar-refractivity contribution is -0.0914. The van der Waals surface area contributed by atoms with E-state index >= 15 is 0 Å². The second-order valence-electron chi connectivity index (χ2n) is 3.47. The van der Waals surface area contributed by atoms with Crippen molar-refractivity contribution in [2.45, 2.75) is 6.29 Å². The van der Waals surface area contributed by atoms with Crippen molar-refractivity contribution in [3.8, 4) is 11.5 Å². The Labute approximate surface area is 112 Å². The minimum Gasteiger partial charge on any atom is -0.493 e. The summed E-state index contributed by atoms with van der Waals surface area (Å²) in [5.41, 5.74) is 0.730. The number of ether oxygens (including phenoxy) is 4. The first-order chi connectivity index (χ1) is 8.65. The van der Waals surface area contributed by atoms with Crippen LogP contribution < -0.4 is 14.8 Å². The van der Waals surface area contributed by atoms with Crippen LogP contribution in [0.15, 0.2) is 12.1 Å². The van der Waals surface area contributed by atoms with E-state index in [1.807, 2.05) is 0 Å². The molecule has 0 spiro atoms. The fourth-order valence-corrected chi connectivity index (χ4v) is 1.67. The average molecular weight is 276 g/mol. The number of halogens is 1. The molecule has 5 nitrogen and oxygen atoms in total. The third kappa shape index (κ3) is 3.66. The summed E-state index contributed by atoms with van der Waals surface area (Å²) in [5.74, 6) is 1.19. The largest absolute Gasteiger partial charge is 0.493 e. The van der Waals surface area contributed by atoms with Crippen LogP contribution in [0.4, 0.5) is 5.69 Å². The van der Waals surface area contributed by atoms with Crippen molar-refractivity contribution in [3.63, 3.8) is 0 Å². The Morgan fingerprint density at radius 1 is 1.06 bits per heavy atom. The molecule has 1 aromatic carbocycles. The second-order valence-corrected chi connectivity index (χ2v) is 3.88. The predicted molar refractivity (Wildman–Crippen MR) is 70.9 cm³/mol. The SMILES string of the molecule is COc1cc(Cl)c(NCC(OC)OC)cc1OC. The summed E-state index contributed by atoms with van der Waals surface area (Å²) in [6, 6.07) is 3.46. The van der Waals surface area contributed by atoms with Gasteiger partial charge in [0.1, 0.15) is 0 Å². The summed E-state index contributed by atoms with van der Waals surface area (Å²) in [4.78, 5) is 0. The highest BCUT2D eigenvalue weighted by molar-refractivity contribution is 6.33. The minimum absolute atomic E-state index is 0.339. The standard InChI is InChI=1S/C12H18ClNO4/c1-15-10-5-8(13)9(6-11(10)16-2)14-7-12(17-3)18-4/h5-6,12,14H,7H2,1-4H3. The molecule has 0 amide bonds. The molecule has 0 aliphatic carbocycles. The first-order valence-electron chi connectivity index (χ1n) is 5.37. The first-order valence-corrected chi connectivity index (χ1v) is 5.75. The van der Waals surface area contributed by atoms with Crippen molar-refractivity contribution >= 4 is 17.3 Å². The van der Waals surface area contributed by atoms with Gasteiger partial charge in [0.15, 0.2) is 17.8 Å². The molecule has 0 saturated heterocycles. The molecule has 18 heavy (non-hydrogen) atoms. The van der Waals surface area contributed by atoms with Crippen LogP contribution in [-0.2, 0) is 9.47 Å². The molecule has 0 heterocycles. The van der Waals surface area contributed by atoms with E-state index in [-0.39, 0.29) is 6.29 Å². The van der Waals surface area contributed by atoms with Gasteiger partial charge in [0.05, 0.1) is 31.5 Å². The Hall–Kier alpha value is -1.17. The zero-order valence-corrected chi connectivity index (χ0v) is 11.7.